The number of hydrogen-bond donors (Lipinski definition) is 0. The highest BCUT2D eigenvalue weighted by Gasteiger charge is 2.30. The zero-order chi connectivity index (χ0) is 20.6. The molecule has 0 aliphatic carbocycles. The van der Waals surface area contributed by atoms with E-state index in [9.17, 15) is 13.6 Å². The van der Waals surface area contributed by atoms with Gasteiger partial charge in [-0.25, -0.2) is 13.6 Å². The third-order valence-electron chi connectivity index (χ3n) is 4.28. The Morgan fingerprint density at radius 2 is 1.44 bits per heavy atom. The Balaban J connectivity index is 2.66. The highest BCUT2D eigenvalue weighted by Crippen LogP contribution is 2.42. The minimum absolute atomic E-state index is 0.351. The van der Waals surface area contributed by atoms with Crippen LogP contribution in [0.3, 0.4) is 0 Å². The number of carbonyl (C=O) groups is 1. The van der Waals surface area contributed by atoms with Crippen molar-refractivity contribution >= 4 is 5.97 Å². The van der Waals surface area contributed by atoms with Crippen molar-refractivity contribution in [3.63, 3.8) is 0 Å². The zero-order valence-corrected chi connectivity index (χ0v) is 16.9. The Bertz CT molecular complexity index is 824. The van der Waals surface area contributed by atoms with E-state index < -0.39 is 23.2 Å². The number of esters is 1. The smallest absolute Gasteiger partial charge is 0.346 e. The lowest BCUT2D eigenvalue weighted by Gasteiger charge is -2.29. The molecule has 2 rings (SSSR count). The summed E-state index contributed by atoms with van der Waals surface area (Å²) in [7, 11) is 1.57. The first-order valence-electron chi connectivity index (χ1n) is 8.75. The van der Waals surface area contributed by atoms with E-state index in [1.54, 1.807) is 19.2 Å². The van der Waals surface area contributed by atoms with E-state index in [1.807, 2.05) is 41.5 Å². The molecule has 0 aliphatic heterocycles. The molecule has 5 heteroatoms. The predicted molar refractivity (Wildman–Crippen MR) is 102 cm³/mol. The molecule has 2 aromatic carbocycles. The summed E-state index contributed by atoms with van der Waals surface area (Å²) in [5.74, 6) is -2.25. The summed E-state index contributed by atoms with van der Waals surface area (Å²) in [5.41, 5.74) is 0.314. The fraction of sp³-hybridized carbons (Fsp3) is 0.409. The fourth-order valence-electron chi connectivity index (χ4n) is 2.75. The summed E-state index contributed by atoms with van der Waals surface area (Å²) in [5, 5.41) is 0. The van der Waals surface area contributed by atoms with Crippen molar-refractivity contribution in [2.75, 3.05) is 7.11 Å². The molecule has 2 aromatic rings. The molecule has 0 heterocycles. The van der Waals surface area contributed by atoms with Crippen LogP contribution in [-0.2, 0) is 10.8 Å². The molecular weight excluding hydrogens is 350 g/mol. The maximum absolute atomic E-state index is 14.0. The molecule has 0 saturated heterocycles. The van der Waals surface area contributed by atoms with Gasteiger partial charge in [0.05, 0.1) is 12.7 Å². The molecule has 146 valence electrons. The minimum atomic E-state index is -1.22. The fourth-order valence-corrected chi connectivity index (χ4v) is 2.75. The summed E-state index contributed by atoms with van der Waals surface area (Å²) in [6.07, 6.45) is 0. The van der Waals surface area contributed by atoms with Crippen molar-refractivity contribution in [1.82, 2.24) is 0 Å². The molecule has 27 heavy (non-hydrogen) atoms. The first-order chi connectivity index (χ1) is 12.4. The third kappa shape index (κ3) is 4.46. The normalized spacial score (nSPS) is 12.0. The van der Waals surface area contributed by atoms with Gasteiger partial charge in [0.15, 0.2) is 11.6 Å². The molecule has 0 aromatic heterocycles. The van der Waals surface area contributed by atoms with Crippen molar-refractivity contribution in [1.29, 1.82) is 0 Å². The number of hydrogen-bond acceptors (Lipinski definition) is 3. The van der Waals surface area contributed by atoms with Crippen LogP contribution < -0.4 is 9.47 Å². The van der Waals surface area contributed by atoms with Crippen molar-refractivity contribution in [3.05, 3.63) is 58.7 Å². The van der Waals surface area contributed by atoms with Crippen LogP contribution in [0.15, 0.2) is 30.3 Å². The molecule has 0 bridgehead atoms. The van der Waals surface area contributed by atoms with E-state index in [0.717, 1.165) is 17.2 Å². The van der Waals surface area contributed by atoms with E-state index in [1.165, 1.54) is 12.1 Å². The molecule has 0 unspecified atom stereocenters. The van der Waals surface area contributed by atoms with Gasteiger partial charge in [0.1, 0.15) is 11.5 Å². The Kier molecular flexibility index (Phi) is 5.64. The molecule has 3 nitrogen and oxygen atoms in total. The van der Waals surface area contributed by atoms with Crippen LogP contribution in [0.4, 0.5) is 8.78 Å². The van der Waals surface area contributed by atoms with Crippen molar-refractivity contribution in [2.24, 2.45) is 0 Å². The molecule has 0 fully saturated rings. The van der Waals surface area contributed by atoms with Crippen LogP contribution in [-0.4, -0.2) is 13.1 Å². The average molecular weight is 376 g/mol. The third-order valence-corrected chi connectivity index (χ3v) is 4.28. The van der Waals surface area contributed by atoms with E-state index in [0.29, 0.717) is 11.5 Å². The largest absolute Gasteiger partial charge is 0.497 e. The van der Waals surface area contributed by atoms with Gasteiger partial charge >= 0.3 is 5.97 Å². The summed E-state index contributed by atoms with van der Waals surface area (Å²) < 4.78 is 38.6. The molecular formula is C22H26F2O3. The summed E-state index contributed by atoms with van der Waals surface area (Å²) in [4.78, 5) is 12.6. The molecule has 0 N–H and O–H groups in total. The number of benzene rings is 2. The van der Waals surface area contributed by atoms with Crippen LogP contribution in [0.25, 0.3) is 0 Å². The van der Waals surface area contributed by atoms with Gasteiger partial charge in [0.25, 0.3) is 0 Å². The van der Waals surface area contributed by atoms with Gasteiger partial charge in [-0.3, -0.25) is 0 Å². The maximum atomic E-state index is 14.0. The van der Waals surface area contributed by atoms with E-state index >= 15 is 0 Å². The molecule has 0 aliphatic rings. The first kappa shape index (κ1) is 20.9. The van der Waals surface area contributed by atoms with Crippen molar-refractivity contribution < 1.29 is 23.0 Å². The first-order valence-corrected chi connectivity index (χ1v) is 8.75. The van der Waals surface area contributed by atoms with Gasteiger partial charge in [-0.15, -0.1) is 0 Å². The summed E-state index contributed by atoms with van der Waals surface area (Å²) in [6, 6.07) is 7.05. The van der Waals surface area contributed by atoms with Gasteiger partial charge in [0.2, 0.25) is 0 Å². The number of rotatable bonds is 3. The second-order valence-electron chi connectivity index (χ2n) is 8.54. The lowest BCUT2D eigenvalue weighted by Crippen LogP contribution is -2.22. The van der Waals surface area contributed by atoms with Crippen LogP contribution in [0.5, 0.6) is 11.5 Å². The lowest BCUT2D eigenvalue weighted by atomic mass is 9.79. The number of ether oxygens (including phenoxy) is 2. The number of halogens is 2. The summed E-state index contributed by atoms with van der Waals surface area (Å²) in [6.45, 7) is 11.9. The standard InChI is InChI=1S/C22H26F2O3/c1-21(2,3)15-11-13(26-7)12-16(22(4,5)6)19(15)27-20(25)14-9-8-10-17(23)18(14)24/h8-12H,1-7H3. The van der Waals surface area contributed by atoms with Gasteiger partial charge < -0.3 is 9.47 Å². The average Bonchev–Trinajstić information content (AvgIpc) is 2.55. The predicted octanol–water partition coefficient (Wildman–Crippen LogP) is 5.79. The second-order valence-corrected chi connectivity index (χ2v) is 8.54. The minimum Gasteiger partial charge on any atom is -0.497 e. The van der Waals surface area contributed by atoms with Crippen molar-refractivity contribution in [2.45, 2.75) is 52.4 Å². The van der Waals surface area contributed by atoms with Crippen LogP contribution in [0.2, 0.25) is 0 Å². The van der Waals surface area contributed by atoms with Crippen LogP contribution in [0.1, 0.15) is 63.0 Å². The molecule has 0 radical (unpaired) electrons. The molecule has 0 spiro atoms. The molecule has 0 amide bonds. The number of carbonyl (C=O) groups excluding carboxylic acids is 1. The van der Waals surface area contributed by atoms with Crippen LogP contribution >= 0.6 is 0 Å². The summed E-state index contributed by atoms with van der Waals surface area (Å²) >= 11 is 0. The highest BCUT2D eigenvalue weighted by molar-refractivity contribution is 5.91. The quantitative estimate of drug-likeness (QED) is 0.503. The Labute approximate surface area is 159 Å². The van der Waals surface area contributed by atoms with Gasteiger partial charge in [-0.05, 0) is 35.1 Å². The van der Waals surface area contributed by atoms with Gasteiger partial charge in [0, 0.05) is 11.1 Å². The maximum Gasteiger partial charge on any atom is 0.346 e. The molecule has 0 atom stereocenters. The Morgan fingerprint density at radius 3 is 1.89 bits per heavy atom. The van der Waals surface area contributed by atoms with E-state index in [-0.39, 0.29) is 10.8 Å². The highest BCUT2D eigenvalue weighted by atomic mass is 19.2. The topological polar surface area (TPSA) is 35.5 Å². The Morgan fingerprint density at radius 1 is 0.926 bits per heavy atom. The SMILES string of the molecule is COc1cc(C(C)(C)C)c(OC(=O)c2cccc(F)c2F)c(C(C)(C)C)c1. The van der Waals surface area contributed by atoms with Gasteiger partial charge in [-0.2, -0.15) is 0 Å². The monoisotopic (exact) mass is 376 g/mol. The number of methoxy groups -OCH3 is 1. The van der Waals surface area contributed by atoms with E-state index in [4.69, 9.17) is 9.47 Å². The zero-order valence-electron chi connectivity index (χ0n) is 16.9. The molecule has 0 saturated carbocycles. The van der Waals surface area contributed by atoms with Crippen molar-refractivity contribution in [3.8, 4) is 11.5 Å². The van der Waals surface area contributed by atoms with Crippen LogP contribution in [0, 0.1) is 11.6 Å². The lowest BCUT2D eigenvalue weighted by molar-refractivity contribution is 0.0722. The van der Waals surface area contributed by atoms with Gasteiger partial charge in [-0.1, -0.05) is 47.6 Å². The van der Waals surface area contributed by atoms with E-state index in [2.05, 4.69) is 0 Å². The Hall–Kier alpha value is -2.43. The second kappa shape index (κ2) is 7.29.